The lowest BCUT2D eigenvalue weighted by atomic mass is 9.92. The zero-order valence-electron chi connectivity index (χ0n) is 14.7. The Hall–Kier alpha value is -2.67. The molecular weight excluding hydrogens is 412 g/mol. The quantitative estimate of drug-likeness (QED) is 0.739. The van der Waals surface area contributed by atoms with Crippen molar-refractivity contribution in [1.82, 2.24) is 10.4 Å². The van der Waals surface area contributed by atoms with Gasteiger partial charge in [-0.3, -0.25) is 15.0 Å². The average Bonchev–Trinajstić information content (AvgIpc) is 2.99. The van der Waals surface area contributed by atoms with Crippen molar-refractivity contribution in [1.29, 1.82) is 0 Å². The molecule has 2 aromatic rings. The molecule has 7 heteroatoms. The molecule has 0 bridgehead atoms. The smallest absolute Gasteiger partial charge is 0.331 e. The highest BCUT2D eigenvalue weighted by Crippen LogP contribution is 2.34. The molecule has 0 radical (unpaired) electrons. The summed E-state index contributed by atoms with van der Waals surface area (Å²) in [5.41, 5.74) is 3.82. The normalized spacial score (nSPS) is 19.0. The van der Waals surface area contributed by atoms with Crippen LogP contribution in [0.15, 0.2) is 59.1 Å². The van der Waals surface area contributed by atoms with Crippen molar-refractivity contribution >= 4 is 33.7 Å². The van der Waals surface area contributed by atoms with E-state index in [4.69, 9.17) is 4.74 Å². The zero-order valence-corrected chi connectivity index (χ0v) is 16.3. The largest absolute Gasteiger partial charge is 0.464 e. The van der Waals surface area contributed by atoms with Gasteiger partial charge >= 0.3 is 5.97 Å². The molecule has 1 heterocycles. The molecule has 1 N–H and O–H groups in total. The molecule has 0 aliphatic carbocycles. The Labute approximate surface area is 165 Å². The van der Waals surface area contributed by atoms with Crippen LogP contribution in [-0.2, 0) is 14.3 Å². The van der Waals surface area contributed by atoms with Crippen LogP contribution < -0.4 is 5.43 Å². The van der Waals surface area contributed by atoms with Crippen molar-refractivity contribution in [3.05, 3.63) is 70.2 Å². The van der Waals surface area contributed by atoms with Gasteiger partial charge in [0, 0.05) is 22.4 Å². The summed E-state index contributed by atoms with van der Waals surface area (Å²) in [5, 5.41) is 1.11. The highest BCUT2D eigenvalue weighted by molar-refractivity contribution is 9.10. The van der Waals surface area contributed by atoms with E-state index in [0.29, 0.717) is 5.56 Å². The Kier molecular flexibility index (Phi) is 5.91. The van der Waals surface area contributed by atoms with Crippen LogP contribution in [-0.4, -0.2) is 35.4 Å². The monoisotopic (exact) mass is 430 g/mol. The number of esters is 1. The second-order valence-electron chi connectivity index (χ2n) is 6.13. The van der Waals surface area contributed by atoms with E-state index in [1.807, 2.05) is 24.3 Å². The van der Waals surface area contributed by atoms with Crippen LogP contribution in [0, 0.1) is 0 Å². The predicted molar refractivity (Wildman–Crippen MR) is 103 cm³/mol. The van der Waals surface area contributed by atoms with E-state index in [1.165, 1.54) is 0 Å². The maximum Gasteiger partial charge on any atom is 0.331 e. The van der Waals surface area contributed by atoms with E-state index in [1.54, 1.807) is 37.3 Å². The van der Waals surface area contributed by atoms with Gasteiger partial charge in [-0.15, -0.1) is 0 Å². The SMILES string of the molecule is CCOC(=O)[C@H]1[C@H](c2ccc(Br)cc2)CC(=O)N1NC(=O)c1ccccc1. The first-order valence-corrected chi connectivity index (χ1v) is 9.40. The number of ether oxygens (including phenoxy) is 1. The summed E-state index contributed by atoms with van der Waals surface area (Å²) in [6.45, 7) is 1.90. The number of hydrogen-bond acceptors (Lipinski definition) is 4. The Morgan fingerprint density at radius 1 is 1.15 bits per heavy atom. The molecule has 1 aliphatic heterocycles. The first-order valence-electron chi connectivity index (χ1n) is 8.61. The molecule has 0 saturated carbocycles. The summed E-state index contributed by atoms with van der Waals surface area (Å²) in [6, 6.07) is 15.0. The molecule has 2 aromatic carbocycles. The number of hydrogen-bond donors (Lipinski definition) is 1. The number of halogens is 1. The molecular formula is C20H19BrN2O4. The third-order valence-corrected chi connectivity index (χ3v) is 4.94. The Bertz CT molecular complexity index is 839. The van der Waals surface area contributed by atoms with Crippen molar-refractivity contribution in [3.8, 4) is 0 Å². The summed E-state index contributed by atoms with van der Waals surface area (Å²) < 4.78 is 6.07. The maximum atomic E-state index is 12.6. The molecule has 27 heavy (non-hydrogen) atoms. The van der Waals surface area contributed by atoms with Crippen LogP contribution in [0.4, 0.5) is 0 Å². The molecule has 6 nitrogen and oxygen atoms in total. The zero-order chi connectivity index (χ0) is 19.4. The second-order valence-corrected chi connectivity index (χ2v) is 7.05. The molecule has 2 atom stereocenters. The van der Waals surface area contributed by atoms with Crippen molar-refractivity contribution in [2.24, 2.45) is 0 Å². The highest BCUT2D eigenvalue weighted by Gasteiger charge is 2.47. The number of carbonyl (C=O) groups is 3. The fourth-order valence-corrected chi connectivity index (χ4v) is 3.40. The van der Waals surface area contributed by atoms with Crippen LogP contribution in [0.1, 0.15) is 35.2 Å². The molecule has 1 fully saturated rings. The Morgan fingerprint density at radius 3 is 2.44 bits per heavy atom. The number of hydrazine groups is 1. The summed E-state index contributed by atoms with van der Waals surface area (Å²) in [6.07, 6.45) is 0.111. The lowest BCUT2D eigenvalue weighted by Crippen LogP contribution is -2.52. The molecule has 0 spiro atoms. The lowest BCUT2D eigenvalue weighted by molar-refractivity contribution is -0.153. The predicted octanol–water partition coefficient (Wildman–Crippen LogP) is 3.04. The van der Waals surface area contributed by atoms with E-state index in [0.717, 1.165) is 15.0 Å². The van der Waals surface area contributed by atoms with Crippen molar-refractivity contribution in [3.63, 3.8) is 0 Å². The van der Waals surface area contributed by atoms with Gasteiger partial charge in [0.05, 0.1) is 6.61 Å². The average molecular weight is 431 g/mol. The van der Waals surface area contributed by atoms with Crippen LogP contribution in [0.2, 0.25) is 0 Å². The van der Waals surface area contributed by atoms with Gasteiger partial charge in [-0.25, -0.2) is 9.80 Å². The molecule has 1 saturated heterocycles. The van der Waals surface area contributed by atoms with Gasteiger partial charge in [0.1, 0.15) is 0 Å². The summed E-state index contributed by atoms with van der Waals surface area (Å²) in [4.78, 5) is 37.7. The Balaban J connectivity index is 1.89. The minimum atomic E-state index is -0.911. The fourth-order valence-electron chi connectivity index (χ4n) is 3.14. The van der Waals surface area contributed by atoms with Crippen molar-refractivity contribution in [2.45, 2.75) is 25.3 Å². The maximum absolute atomic E-state index is 12.6. The van der Waals surface area contributed by atoms with Gasteiger partial charge in [0.15, 0.2) is 6.04 Å². The van der Waals surface area contributed by atoms with E-state index in [-0.39, 0.29) is 18.9 Å². The topological polar surface area (TPSA) is 75.7 Å². The second kappa shape index (κ2) is 8.35. The van der Waals surface area contributed by atoms with E-state index in [2.05, 4.69) is 21.4 Å². The van der Waals surface area contributed by atoms with Gasteiger partial charge in [0.25, 0.3) is 5.91 Å². The number of amides is 2. The van der Waals surface area contributed by atoms with Gasteiger partial charge in [-0.2, -0.15) is 0 Å². The molecule has 2 amide bonds. The van der Waals surface area contributed by atoms with Crippen LogP contribution >= 0.6 is 15.9 Å². The van der Waals surface area contributed by atoms with Gasteiger partial charge < -0.3 is 4.74 Å². The van der Waals surface area contributed by atoms with Gasteiger partial charge in [0.2, 0.25) is 5.91 Å². The van der Waals surface area contributed by atoms with Gasteiger partial charge in [-0.05, 0) is 36.8 Å². The minimum Gasteiger partial charge on any atom is -0.464 e. The summed E-state index contributed by atoms with van der Waals surface area (Å²) >= 11 is 3.38. The first-order chi connectivity index (χ1) is 13.0. The number of benzene rings is 2. The van der Waals surface area contributed by atoms with E-state index < -0.39 is 23.8 Å². The third-order valence-electron chi connectivity index (χ3n) is 4.41. The number of nitrogens with one attached hydrogen (secondary N) is 1. The van der Waals surface area contributed by atoms with Crippen LogP contribution in [0.5, 0.6) is 0 Å². The summed E-state index contributed by atoms with van der Waals surface area (Å²) in [5.74, 6) is -1.72. The minimum absolute atomic E-state index is 0.111. The number of carbonyl (C=O) groups excluding carboxylic acids is 3. The van der Waals surface area contributed by atoms with Crippen molar-refractivity contribution in [2.75, 3.05) is 6.61 Å². The van der Waals surface area contributed by atoms with Crippen LogP contribution in [0.3, 0.4) is 0 Å². The van der Waals surface area contributed by atoms with Crippen molar-refractivity contribution < 1.29 is 19.1 Å². The lowest BCUT2D eigenvalue weighted by Gasteiger charge is -2.26. The fraction of sp³-hybridized carbons (Fsp3) is 0.250. The van der Waals surface area contributed by atoms with Crippen LogP contribution in [0.25, 0.3) is 0 Å². The number of nitrogens with zero attached hydrogens (tertiary/aromatic N) is 1. The summed E-state index contributed by atoms with van der Waals surface area (Å²) in [7, 11) is 0. The molecule has 3 rings (SSSR count). The molecule has 0 unspecified atom stereocenters. The molecule has 140 valence electrons. The first kappa shape index (κ1) is 19.1. The standard InChI is InChI=1S/C20H19BrN2O4/c1-2-27-20(26)18-16(13-8-10-15(21)11-9-13)12-17(24)23(18)22-19(25)14-6-4-3-5-7-14/h3-11,16,18H,2,12H2,1H3,(H,22,25)/t16-,18+/m0/s1. The number of rotatable bonds is 5. The van der Waals surface area contributed by atoms with E-state index >= 15 is 0 Å². The van der Waals surface area contributed by atoms with E-state index in [9.17, 15) is 14.4 Å². The molecule has 0 aromatic heterocycles. The van der Waals surface area contributed by atoms with Gasteiger partial charge in [-0.1, -0.05) is 46.3 Å². The molecule has 1 aliphatic rings. The Morgan fingerprint density at radius 2 is 1.81 bits per heavy atom. The third kappa shape index (κ3) is 4.19. The highest BCUT2D eigenvalue weighted by atomic mass is 79.9.